The van der Waals surface area contributed by atoms with Gasteiger partial charge in [-0.25, -0.2) is 0 Å². The number of para-hydroxylation sites is 1. The van der Waals surface area contributed by atoms with Gasteiger partial charge in [0, 0.05) is 44.1 Å². The van der Waals surface area contributed by atoms with Gasteiger partial charge in [-0.05, 0) is 48.6 Å². The first kappa shape index (κ1) is 17.1. The van der Waals surface area contributed by atoms with Gasteiger partial charge in [-0.1, -0.05) is 30.3 Å². The van der Waals surface area contributed by atoms with Crippen LogP contribution in [0, 0.1) is 5.41 Å². The predicted molar refractivity (Wildman–Crippen MR) is 108 cm³/mol. The average Bonchev–Trinajstić information content (AvgIpc) is 2.67. The number of fused-ring (bicyclic) bond motifs is 1. The molecule has 1 fully saturated rings. The largest absolute Gasteiger partial charge is 0.381 e. The van der Waals surface area contributed by atoms with Crippen molar-refractivity contribution in [1.82, 2.24) is 0 Å². The van der Waals surface area contributed by atoms with Crippen LogP contribution in [0.4, 0.5) is 11.4 Å². The van der Waals surface area contributed by atoms with Gasteiger partial charge in [0.1, 0.15) is 5.84 Å². The first-order chi connectivity index (χ1) is 12.7. The van der Waals surface area contributed by atoms with Gasteiger partial charge < -0.3 is 15.0 Å². The minimum atomic E-state index is 0.0890. The van der Waals surface area contributed by atoms with E-state index in [2.05, 4.69) is 72.8 Å². The van der Waals surface area contributed by atoms with Crippen molar-refractivity contribution < 1.29 is 4.74 Å². The number of rotatable bonds is 3. The van der Waals surface area contributed by atoms with E-state index in [9.17, 15) is 0 Å². The van der Waals surface area contributed by atoms with Gasteiger partial charge in [0.05, 0.1) is 6.54 Å². The van der Waals surface area contributed by atoms with Gasteiger partial charge in [-0.15, -0.1) is 0 Å². The van der Waals surface area contributed by atoms with Crippen LogP contribution in [0.2, 0.25) is 0 Å². The van der Waals surface area contributed by atoms with Gasteiger partial charge in [0.25, 0.3) is 0 Å². The topological polar surface area (TPSA) is 36.9 Å². The molecule has 1 N–H and O–H groups in total. The lowest BCUT2D eigenvalue weighted by atomic mass is 9.71. The van der Waals surface area contributed by atoms with Crippen molar-refractivity contribution in [3.8, 4) is 0 Å². The minimum Gasteiger partial charge on any atom is -0.381 e. The summed E-state index contributed by atoms with van der Waals surface area (Å²) in [5.41, 5.74) is 5.14. The van der Waals surface area contributed by atoms with E-state index >= 15 is 0 Å². The summed E-state index contributed by atoms with van der Waals surface area (Å²) < 4.78 is 5.65. The molecule has 2 aliphatic rings. The molecule has 1 saturated heterocycles. The molecule has 2 aliphatic heterocycles. The normalized spacial score (nSPS) is 19.8. The smallest absolute Gasteiger partial charge is 0.108 e. The molecule has 0 atom stereocenters. The third-order valence-corrected chi connectivity index (χ3v) is 5.60. The number of ether oxygens (including phenoxy) is 1. The lowest BCUT2D eigenvalue weighted by Gasteiger charge is -2.42. The third kappa shape index (κ3) is 3.34. The van der Waals surface area contributed by atoms with Crippen LogP contribution >= 0.6 is 0 Å². The van der Waals surface area contributed by atoms with Crippen LogP contribution in [-0.2, 0) is 17.7 Å². The highest BCUT2D eigenvalue weighted by atomic mass is 16.5. The maximum absolute atomic E-state index is 5.65. The van der Waals surface area contributed by atoms with E-state index in [0.29, 0.717) is 6.54 Å². The van der Waals surface area contributed by atoms with Crippen LogP contribution in [0.15, 0.2) is 53.5 Å². The molecule has 2 aromatic rings. The summed E-state index contributed by atoms with van der Waals surface area (Å²) in [6.07, 6.45) is 3.12. The van der Waals surface area contributed by atoms with E-state index in [-0.39, 0.29) is 5.41 Å². The summed E-state index contributed by atoms with van der Waals surface area (Å²) in [5, 5.41) is 3.65. The molecule has 4 rings (SSSR count). The average molecular weight is 349 g/mol. The molecule has 0 amide bonds. The number of anilines is 2. The highest BCUT2D eigenvalue weighted by Gasteiger charge is 2.41. The fourth-order valence-corrected chi connectivity index (χ4v) is 3.99. The van der Waals surface area contributed by atoms with Crippen LogP contribution in [-0.4, -0.2) is 33.1 Å². The Kier molecular flexibility index (Phi) is 4.68. The van der Waals surface area contributed by atoms with Gasteiger partial charge in [-0.2, -0.15) is 0 Å². The Bertz CT molecular complexity index is 807. The standard InChI is InChI=1S/C22H27N3O/c1-25(2)19-8-5-6-17(14-19)16-23-21-22(10-12-26-13-11-22)15-18-7-3-4-9-20(18)24-21/h3-9,14H,10-13,15-16H2,1-2H3,(H,23,24). The quantitative estimate of drug-likeness (QED) is 0.906. The second-order valence-corrected chi connectivity index (χ2v) is 7.58. The number of hydrogen-bond acceptors (Lipinski definition) is 3. The summed E-state index contributed by atoms with van der Waals surface area (Å²) in [5.74, 6) is 1.13. The summed E-state index contributed by atoms with van der Waals surface area (Å²) in [6.45, 7) is 2.34. The summed E-state index contributed by atoms with van der Waals surface area (Å²) >= 11 is 0. The SMILES string of the molecule is CN(C)c1cccc(CN=C2Nc3ccccc3CC23CCOCC3)c1. The van der Waals surface area contributed by atoms with Crippen molar-refractivity contribution in [3.63, 3.8) is 0 Å². The summed E-state index contributed by atoms with van der Waals surface area (Å²) in [6, 6.07) is 17.2. The molecule has 0 saturated carbocycles. The molecule has 0 bridgehead atoms. The van der Waals surface area contributed by atoms with E-state index < -0.39 is 0 Å². The molecule has 136 valence electrons. The fraction of sp³-hybridized carbons (Fsp3) is 0.409. The Labute approximate surface area is 155 Å². The van der Waals surface area contributed by atoms with E-state index in [4.69, 9.17) is 9.73 Å². The van der Waals surface area contributed by atoms with Gasteiger partial charge in [0.15, 0.2) is 0 Å². The molecule has 1 spiro atoms. The highest BCUT2D eigenvalue weighted by Crippen LogP contribution is 2.41. The van der Waals surface area contributed by atoms with Gasteiger partial charge in [0.2, 0.25) is 0 Å². The summed E-state index contributed by atoms with van der Waals surface area (Å²) in [4.78, 5) is 7.19. The van der Waals surface area contributed by atoms with Crippen LogP contribution < -0.4 is 10.2 Å². The van der Waals surface area contributed by atoms with Crippen molar-refractivity contribution >= 4 is 17.2 Å². The first-order valence-corrected chi connectivity index (χ1v) is 9.40. The van der Waals surface area contributed by atoms with Crippen molar-refractivity contribution in [2.24, 2.45) is 10.4 Å². The predicted octanol–water partition coefficient (Wildman–Crippen LogP) is 4.12. The third-order valence-electron chi connectivity index (χ3n) is 5.60. The molecule has 4 heteroatoms. The molecule has 26 heavy (non-hydrogen) atoms. The minimum absolute atomic E-state index is 0.0890. The Morgan fingerprint density at radius 3 is 2.69 bits per heavy atom. The molecule has 2 heterocycles. The molecule has 2 aromatic carbocycles. The number of amidine groups is 1. The van der Waals surface area contributed by atoms with Crippen LogP contribution in [0.25, 0.3) is 0 Å². The van der Waals surface area contributed by atoms with Crippen molar-refractivity contribution in [2.75, 3.05) is 37.5 Å². The number of aliphatic imine (C=N–C) groups is 1. The zero-order valence-corrected chi connectivity index (χ0v) is 15.7. The zero-order valence-electron chi connectivity index (χ0n) is 15.7. The molecular weight excluding hydrogens is 322 g/mol. The maximum atomic E-state index is 5.65. The Morgan fingerprint density at radius 2 is 1.88 bits per heavy atom. The molecule has 0 radical (unpaired) electrons. The summed E-state index contributed by atoms with van der Waals surface area (Å²) in [7, 11) is 4.14. The van der Waals surface area contributed by atoms with E-state index in [1.54, 1.807) is 0 Å². The fourth-order valence-electron chi connectivity index (χ4n) is 3.99. The molecule has 4 nitrogen and oxygen atoms in total. The second-order valence-electron chi connectivity index (χ2n) is 7.58. The van der Waals surface area contributed by atoms with Crippen LogP contribution in [0.1, 0.15) is 24.0 Å². The van der Waals surface area contributed by atoms with Gasteiger partial charge in [-0.3, -0.25) is 4.99 Å². The monoisotopic (exact) mass is 349 g/mol. The van der Waals surface area contributed by atoms with Crippen molar-refractivity contribution in [1.29, 1.82) is 0 Å². The number of nitrogens with one attached hydrogen (secondary N) is 1. The number of benzene rings is 2. The van der Waals surface area contributed by atoms with E-state index in [1.807, 2.05) is 0 Å². The lowest BCUT2D eigenvalue weighted by Crippen LogP contribution is -2.45. The Balaban J connectivity index is 1.64. The highest BCUT2D eigenvalue weighted by molar-refractivity contribution is 6.02. The van der Waals surface area contributed by atoms with Crippen molar-refractivity contribution in [3.05, 3.63) is 59.7 Å². The van der Waals surface area contributed by atoms with Gasteiger partial charge >= 0.3 is 0 Å². The Hall–Kier alpha value is -2.33. The van der Waals surface area contributed by atoms with Crippen LogP contribution in [0.5, 0.6) is 0 Å². The number of hydrogen-bond donors (Lipinski definition) is 1. The number of nitrogens with zero attached hydrogens (tertiary/aromatic N) is 2. The van der Waals surface area contributed by atoms with E-state index in [1.165, 1.54) is 22.5 Å². The van der Waals surface area contributed by atoms with Crippen LogP contribution in [0.3, 0.4) is 0 Å². The van der Waals surface area contributed by atoms with Crippen molar-refractivity contribution in [2.45, 2.75) is 25.8 Å². The molecule has 0 unspecified atom stereocenters. The Morgan fingerprint density at radius 1 is 1.08 bits per heavy atom. The molecule has 0 aliphatic carbocycles. The molecular formula is C22H27N3O. The first-order valence-electron chi connectivity index (χ1n) is 9.40. The molecule has 0 aromatic heterocycles. The maximum Gasteiger partial charge on any atom is 0.108 e. The zero-order chi connectivity index (χ0) is 18.0. The second kappa shape index (κ2) is 7.12. The lowest BCUT2D eigenvalue weighted by molar-refractivity contribution is 0.0448. The van der Waals surface area contributed by atoms with E-state index in [0.717, 1.165) is 38.3 Å².